The molecule has 1 amide bonds. The molecule has 1 N–H and O–H groups in total. The number of ether oxygens (including phenoxy) is 1. The summed E-state index contributed by atoms with van der Waals surface area (Å²) >= 11 is 0. The Morgan fingerprint density at radius 2 is 1.76 bits per heavy atom. The van der Waals surface area contributed by atoms with Gasteiger partial charge in [-0.3, -0.25) is 4.79 Å². The summed E-state index contributed by atoms with van der Waals surface area (Å²) in [6.07, 6.45) is 0. The zero-order chi connectivity index (χ0) is 12.3. The SMILES string of the molecule is COC(=O)C(=O)Nc1cccc2ccccc12. The van der Waals surface area contributed by atoms with E-state index in [2.05, 4.69) is 10.1 Å². The molecule has 0 aliphatic rings. The number of amides is 1. The van der Waals surface area contributed by atoms with Crippen LogP contribution in [-0.2, 0) is 14.3 Å². The highest BCUT2D eigenvalue weighted by atomic mass is 16.5. The van der Waals surface area contributed by atoms with Gasteiger partial charge >= 0.3 is 11.9 Å². The molecule has 0 fully saturated rings. The van der Waals surface area contributed by atoms with Crippen LogP contribution in [0.15, 0.2) is 42.5 Å². The van der Waals surface area contributed by atoms with Crippen molar-refractivity contribution in [2.45, 2.75) is 0 Å². The first kappa shape index (κ1) is 11.1. The van der Waals surface area contributed by atoms with Crippen LogP contribution < -0.4 is 5.32 Å². The lowest BCUT2D eigenvalue weighted by atomic mass is 10.1. The number of benzene rings is 2. The minimum absolute atomic E-state index is 0.596. The van der Waals surface area contributed by atoms with Crippen LogP contribution in [0.4, 0.5) is 5.69 Å². The fraction of sp³-hybridized carbons (Fsp3) is 0.0769. The van der Waals surface area contributed by atoms with Crippen molar-refractivity contribution in [2.75, 3.05) is 12.4 Å². The van der Waals surface area contributed by atoms with Gasteiger partial charge in [0.15, 0.2) is 0 Å². The standard InChI is InChI=1S/C13H11NO3/c1-17-13(16)12(15)14-11-8-4-6-9-5-2-3-7-10(9)11/h2-8H,1H3,(H,14,15). The number of nitrogens with one attached hydrogen (secondary N) is 1. The number of esters is 1. The topological polar surface area (TPSA) is 55.4 Å². The summed E-state index contributed by atoms with van der Waals surface area (Å²) < 4.78 is 4.35. The van der Waals surface area contributed by atoms with Gasteiger partial charge in [-0.25, -0.2) is 4.79 Å². The monoisotopic (exact) mass is 229 g/mol. The number of methoxy groups -OCH3 is 1. The van der Waals surface area contributed by atoms with Crippen LogP contribution in [-0.4, -0.2) is 19.0 Å². The number of rotatable bonds is 1. The van der Waals surface area contributed by atoms with Crippen molar-refractivity contribution in [3.05, 3.63) is 42.5 Å². The molecule has 0 aromatic heterocycles. The number of fused-ring (bicyclic) bond motifs is 1. The normalized spacial score (nSPS) is 9.94. The Hall–Kier alpha value is -2.36. The van der Waals surface area contributed by atoms with E-state index >= 15 is 0 Å². The number of anilines is 1. The first-order chi connectivity index (χ1) is 8.22. The molecule has 0 spiro atoms. The summed E-state index contributed by atoms with van der Waals surface area (Å²) in [6, 6.07) is 13.1. The maximum Gasteiger partial charge on any atom is 0.396 e. The molecule has 0 heterocycles. The first-order valence-electron chi connectivity index (χ1n) is 5.09. The summed E-state index contributed by atoms with van der Waals surface area (Å²) in [4.78, 5) is 22.4. The molecule has 0 unspecified atom stereocenters. The molecule has 4 heteroatoms. The van der Waals surface area contributed by atoms with E-state index in [4.69, 9.17) is 0 Å². The van der Waals surface area contributed by atoms with Crippen molar-refractivity contribution in [3.63, 3.8) is 0 Å². The quantitative estimate of drug-likeness (QED) is 0.600. The van der Waals surface area contributed by atoms with E-state index in [0.717, 1.165) is 10.8 Å². The van der Waals surface area contributed by atoms with Crippen LogP contribution in [0.5, 0.6) is 0 Å². The molecular formula is C13H11NO3. The molecule has 0 radical (unpaired) electrons. The van der Waals surface area contributed by atoms with E-state index in [9.17, 15) is 9.59 Å². The number of carbonyl (C=O) groups excluding carboxylic acids is 2. The molecule has 17 heavy (non-hydrogen) atoms. The summed E-state index contributed by atoms with van der Waals surface area (Å²) in [5, 5.41) is 4.40. The van der Waals surface area contributed by atoms with E-state index in [0.29, 0.717) is 5.69 Å². The van der Waals surface area contributed by atoms with Gasteiger partial charge in [0.2, 0.25) is 0 Å². The Labute approximate surface area is 98.2 Å². The Balaban J connectivity index is 2.36. The van der Waals surface area contributed by atoms with Crippen molar-refractivity contribution in [3.8, 4) is 0 Å². The largest absolute Gasteiger partial charge is 0.462 e. The number of hydrogen-bond acceptors (Lipinski definition) is 3. The Bertz CT molecular complexity index is 572. The molecule has 0 aliphatic carbocycles. The van der Waals surface area contributed by atoms with E-state index in [1.807, 2.05) is 36.4 Å². The van der Waals surface area contributed by atoms with Gasteiger partial charge < -0.3 is 10.1 Å². The molecule has 4 nitrogen and oxygen atoms in total. The average Bonchev–Trinajstić information content (AvgIpc) is 2.38. The summed E-state index contributed by atoms with van der Waals surface area (Å²) in [7, 11) is 1.17. The van der Waals surface area contributed by atoms with Crippen LogP contribution in [0.2, 0.25) is 0 Å². The number of carbonyl (C=O) groups is 2. The third-order valence-corrected chi connectivity index (χ3v) is 2.41. The second-order valence-corrected chi connectivity index (χ2v) is 3.47. The molecule has 2 aromatic rings. The van der Waals surface area contributed by atoms with Gasteiger partial charge in [0.25, 0.3) is 0 Å². The smallest absolute Gasteiger partial charge is 0.396 e. The molecule has 0 aliphatic heterocycles. The van der Waals surface area contributed by atoms with Gasteiger partial charge in [-0.15, -0.1) is 0 Å². The minimum Gasteiger partial charge on any atom is -0.462 e. The fourth-order valence-corrected chi connectivity index (χ4v) is 1.60. The van der Waals surface area contributed by atoms with Gasteiger partial charge in [-0.2, -0.15) is 0 Å². The predicted octanol–water partition coefficient (Wildman–Crippen LogP) is 1.95. The highest BCUT2D eigenvalue weighted by Crippen LogP contribution is 2.22. The Morgan fingerprint density at radius 3 is 2.53 bits per heavy atom. The van der Waals surface area contributed by atoms with Gasteiger partial charge in [0.1, 0.15) is 0 Å². The lowest BCUT2D eigenvalue weighted by molar-refractivity contribution is -0.150. The maximum atomic E-state index is 11.4. The third kappa shape index (κ3) is 2.25. The average molecular weight is 229 g/mol. The number of hydrogen-bond donors (Lipinski definition) is 1. The molecule has 0 bridgehead atoms. The highest BCUT2D eigenvalue weighted by Gasteiger charge is 2.14. The Morgan fingerprint density at radius 1 is 1.06 bits per heavy atom. The van der Waals surface area contributed by atoms with E-state index < -0.39 is 11.9 Å². The van der Waals surface area contributed by atoms with Crippen LogP contribution in [0, 0.1) is 0 Å². The van der Waals surface area contributed by atoms with Crippen molar-refractivity contribution in [2.24, 2.45) is 0 Å². The summed E-state index contributed by atoms with van der Waals surface area (Å²) in [5.41, 5.74) is 0.596. The Kier molecular flexibility index (Phi) is 3.05. The van der Waals surface area contributed by atoms with E-state index in [1.165, 1.54) is 7.11 Å². The van der Waals surface area contributed by atoms with Crippen molar-refractivity contribution in [1.82, 2.24) is 0 Å². The molecule has 0 atom stereocenters. The van der Waals surface area contributed by atoms with Crippen LogP contribution in [0.3, 0.4) is 0 Å². The lowest BCUT2D eigenvalue weighted by Gasteiger charge is -2.07. The molecule has 0 saturated carbocycles. The molecular weight excluding hydrogens is 218 g/mol. The molecule has 2 aromatic carbocycles. The van der Waals surface area contributed by atoms with Crippen LogP contribution >= 0.6 is 0 Å². The van der Waals surface area contributed by atoms with Gasteiger partial charge in [0.05, 0.1) is 7.11 Å². The van der Waals surface area contributed by atoms with Crippen molar-refractivity contribution < 1.29 is 14.3 Å². The minimum atomic E-state index is -0.905. The van der Waals surface area contributed by atoms with Gasteiger partial charge in [-0.1, -0.05) is 36.4 Å². The van der Waals surface area contributed by atoms with Crippen LogP contribution in [0.1, 0.15) is 0 Å². The molecule has 0 saturated heterocycles. The van der Waals surface area contributed by atoms with E-state index in [-0.39, 0.29) is 0 Å². The molecule has 2 rings (SSSR count). The zero-order valence-corrected chi connectivity index (χ0v) is 9.27. The van der Waals surface area contributed by atoms with Gasteiger partial charge in [-0.05, 0) is 11.5 Å². The molecule has 86 valence electrons. The zero-order valence-electron chi connectivity index (χ0n) is 9.27. The van der Waals surface area contributed by atoms with Crippen LogP contribution in [0.25, 0.3) is 10.8 Å². The fourth-order valence-electron chi connectivity index (χ4n) is 1.60. The third-order valence-electron chi connectivity index (χ3n) is 2.41. The van der Waals surface area contributed by atoms with Crippen molar-refractivity contribution in [1.29, 1.82) is 0 Å². The van der Waals surface area contributed by atoms with E-state index in [1.54, 1.807) is 6.07 Å². The second-order valence-electron chi connectivity index (χ2n) is 3.47. The summed E-state index contributed by atoms with van der Waals surface area (Å²) in [5.74, 6) is -1.68. The lowest BCUT2D eigenvalue weighted by Crippen LogP contribution is -2.23. The predicted molar refractivity (Wildman–Crippen MR) is 64.6 cm³/mol. The summed E-state index contributed by atoms with van der Waals surface area (Å²) in [6.45, 7) is 0. The van der Waals surface area contributed by atoms with Gasteiger partial charge in [0, 0.05) is 11.1 Å². The highest BCUT2D eigenvalue weighted by molar-refractivity contribution is 6.37. The maximum absolute atomic E-state index is 11.4. The first-order valence-corrected chi connectivity index (χ1v) is 5.09. The second kappa shape index (κ2) is 4.65. The van der Waals surface area contributed by atoms with Crippen molar-refractivity contribution >= 4 is 28.3 Å².